The second-order valence-corrected chi connectivity index (χ2v) is 5.29. The Balaban J connectivity index is 0.00000200. The number of hydrogen-bond acceptors (Lipinski definition) is 2. The van der Waals surface area contributed by atoms with Gasteiger partial charge < -0.3 is 0 Å². The first-order chi connectivity index (χ1) is 9.19. The molecule has 0 atom stereocenters. The Kier molecular flexibility index (Phi) is 6.86. The van der Waals surface area contributed by atoms with E-state index in [1.54, 1.807) is 36.0 Å². The van der Waals surface area contributed by atoms with Crippen LogP contribution in [0.15, 0.2) is 59.5 Å². The Morgan fingerprint density at radius 1 is 1.05 bits per heavy atom. The number of halogens is 2. The van der Waals surface area contributed by atoms with Crippen LogP contribution in [-0.2, 0) is 0 Å². The summed E-state index contributed by atoms with van der Waals surface area (Å²) < 4.78 is 0. The fourth-order valence-corrected chi connectivity index (χ4v) is 2.13. The minimum Gasteiger partial charge on any atom is -0.289 e. The molecule has 0 spiro atoms. The van der Waals surface area contributed by atoms with Gasteiger partial charge in [-0.3, -0.25) is 4.79 Å². The van der Waals surface area contributed by atoms with E-state index in [4.69, 9.17) is 11.6 Å². The Morgan fingerprint density at radius 2 is 1.65 bits per heavy atom. The Hall–Kier alpha value is -1.22. The van der Waals surface area contributed by atoms with E-state index in [0.717, 1.165) is 10.5 Å². The highest BCUT2D eigenvalue weighted by molar-refractivity contribution is 7.98. The summed E-state index contributed by atoms with van der Waals surface area (Å²) in [5.74, 6) is 0.00241. The van der Waals surface area contributed by atoms with Gasteiger partial charge in [0.05, 0.1) is 0 Å². The number of thioether (sulfide) groups is 1. The highest BCUT2D eigenvalue weighted by atomic mass is 35.5. The van der Waals surface area contributed by atoms with E-state index in [1.807, 2.05) is 42.7 Å². The van der Waals surface area contributed by atoms with Gasteiger partial charge in [0.2, 0.25) is 0 Å². The molecule has 0 aliphatic rings. The quantitative estimate of drug-likeness (QED) is 0.426. The predicted molar refractivity (Wildman–Crippen MR) is 90.3 cm³/mol. The van der Waals surface area contributed by atoms with Crippen molar-refractivity contribution in [2.24, 2.45) is 0 Å². The highest BCUT2D eigenvalue weighted by Crippen LogP contribution is 2.16. The van der Waals surface area contributed by atoms with Crippen LogP contribution in [0.3, 0.4) is 0 Å². The van der Waals surface area contributed by atoms with Crippen LogP contribution < -0.4 is 0 Å². The molecule has 2 aromatic carbocycles. The van der Waals surface area contributed by atoms with Crippen molar-refractivity contribution in [3.05, 3.63) is 70.8 Å². The summed E-state index contributed by atoms with van der Waals surface area (Å²) in [5.41, 5.74) is 1.65. The summed E-state index contributed by atoms with van der Waals surface area (Å²) >= 11 is 7.46. The van der Waals surface area contributed by atoms with Crippen molar-refractivity contribution in [3.63, 3.8) is 0 Å². The maximum absolute atomic E-state index is 12.0. The Bertz CT molecular complexity index is 589. The van der Waals surface area contributed by atoms with E-state index in [0.29, 0.717) is 10.6 Å². The van der Waals surface area contributed by atoms with Crippen LogP contribution in [-0.4, -0.2) is 12.0 Å². The van der Waals surface area contributed by atoms with Crippen LogP contribution in [0.5, 0.6) is 0 Å². The van der Waals surface area contributed by atoms with Crippen LogP contribution in [0.2, 0.25) is 5.02 Å². The SMILES string of the molecule is CSc1ccc(C(=O)/C=C/c2ccc(Cl)cc2)cc1.Cl. The smallest absolute Gasteiger partial charge is 0.185 e. The number of allylic oxidation sites excluding steroid dienone is 1. The molecule has 0 saturated heterocycles. The molecular weight excluding hydrogens is 311 g/mol. The standard InChI is InChI=1S/C16H13ClOS.ClH/c1-19-15-9-5-13(6-10-15)16(18)11-4-12-2-7-14(17)8-3-12;/h2-11H,1H3;1H/b11-4+;. The van der Waals surface area contributed by atoms with Gasteiger partial charge in [-0.05, 0) is 54.3 Å². The average molecular weight is 325 g/mol. The zero-order chi connectivity index (χ0) is 13.7. The minimum absolute atomic E-state index is 0. The lowest BCUT2D eigenvalue weighted by Crippen LogP contribution is -1.93. The van der Waals surface area contributed by atoms with Crippen molar-refractivity contribution in [1.29, 1.82) is 0 Å². The molecular formula is C16H14Cl2OS. The molecule has 104 valence electrons. The van der Waals surface area contributed by atoms with Crippen molar-refractivity contribution in [1.82, 2.24) is 0 Å². The van der Waals surface area contributed by atoms with Crippen LogP contribution in [0.25, 0.3) is 6.08 Å². The fraction of sp³-hybridized carbons (Fsp3) is 0.0625. The van der Waals surface area contributed by atoms with Gasteiger partial charge in [-0.25, -0.2) is 0 Å². The number of rotatable bonds is 4. The summed E-state index contributed by atoms with van der Waals surface area (Å²) in [6.07, 6.45) is 5.38. The van der Waals surface area contributed by atoms with E-state index in [1.165, 1.54) is 0 Å². The lowest BCUT2D eigenvalue weighted by atomic mass is 10.1. The number of carbonyl (C=O) groups is 1. The van der Waals surface area contributed by atoms with Crippen molar-refractivity contribution in [3.8, 4) is 0 Å². The predicted octanol–water partition coefficient (Wildman–Crippen LogP) is 5.38. The van der Waals surface area contributed by atoms with Gasteiger partial charge in [-0.15, -0.1) is 24.2 Å². The molecule has 0 radical (unpaired) electrons. The van der Waals surface area contributed by atoms with E-state index < -0.39 is 0 Å². The maximum Gasteiger partial charge on any atom is 0.185 e. The van der Waals surface area contributed by atoms with Crippen molar-refractivity contribution in [2.75, 3.05) is 6.26 Å². The summed E-state index contributed by atoms with van der Waals surface area (Å²) in [6.45, 7) is 0. The summed E-state index contributed by atoms with van der Waals surface area (Å²) in [5, 5.41) is 0.691. The third-order valence-electron chi connectivity index (χ3n) is 2.67. The number of benzene rings is 2. The van der Waals surface area contributed by atoms with Crippen molar-refractivity contribution >= 4 is 47.6 Å². The first-order valence-electron chi connectivity index (χ1n) is 5.81. The number of ketones is 1. The first kappa shape index (κ1) is 16.8. The van der Waals surface area contributed by atoms with Gasteiger partial charge in [-0.2, -0.15) is 0 Å². The van der Waals surface area contributed by atoms with E-state index in [9.17, 15) is 4.79 Å². The zero-order valence-corrected chi connectivity index (χ0v) is 13.3. The summed E-state index contributed by atoms with van der Waals surface area (Å²) in [6, 6.07) is 15.0. The van der Waals surface area contributed by atoms with Crippen LogP contribution in [0.4, 0.5) is 0 Å². The Morgan fingerprint density at radius 3 is 2.20 bits per heavy atom. The second kappa shape index (κ2) is 8.15. The molecule has 4 heteroatoms. The molecule has 0 fully saturated rings. The molecule has 0 N–H and O–H groups in total. The molecule has 0 amide bonds. The number of carbonyl (C=O) groups excluding carboxylic acids is 1. The molecule has 0 saturated carbocycles. The summed E-state index contributed by atoms with van der Waals surface area (Å²) in [7, 11) is 0. The van der Waals surface area contributed by atoms with Crippen molar-refractivity contribution in [2.45, 2.75) is 4.90 Å². The van der Waals surface area contributed by atoms with Gasteiger partial charge in [0.1, 0.15) is 0 Å². The third-order valence-corrected chi connectivity index (χ3v) is 3.67. The van der Waals surface area contributed by atoms with Gasteiger partial charge >= 0.3 is 0 Å². The molecule has 1 nitrogen and oxygen atoms in total. The molecule has 0 aromatic heterocycles. The number of hydrogen-bond donors (Lipinski definition) is 0. The van der Waals surface area contributed by atoms with Gasteiger partial charge in [-0.1, -0.05) is 29.8 Å². The first-order valence-corrected chi connectivity index (χ1v) is 7.41. The topological polar surface area (TPSA) is 17.1 Å². The van der Waals surface area contributed by atoms with Gasteiger partial charge in [0.25, 0.3) is 0 Å². The molecule has 2 aromatic rings. The Labute approximate surface area is 134 Å². The normalized spacial score (nSPS) is 10.3. The molecule has 0 aliphatic heterocycles. The molecule has 0 aliphatic carbocycles. The van der Waals surface area contributed by atoms with Gasteiger partial charge in [0.15, 0.2) is 5.78 Å². The van der Waals surface area contributed by atoms with Gasteiger partial charge in [0, 0.05) is 15.5 Å². The molecule has 0 heterocycles. The van der Waals surface area contributed by atoms with Crippen LogP contribution in [0.1, 0.15) is 15.9 Å². The molecule has 2 rings (SSSR count). The van der Waals surface area contributed by atoms with E-state index in [2.05, 4.69) is 0 Å². The molecule has 0 unspecified atom stereocenters. The highest BCUT2D eigenvalue weighted by Gasteiger charge is 2.01. The second-order valence-electron chi connectivity index (χ2n) is 3.98. The van der Waals surface area contributed by atoms with E-state index >= 15 is 0 Å². The third kappa shape index (κ3) is 4.71. The van der Waals surface area contributed by atoms with E-state index in [-0.39, 0.29) is 18.2 Å². The van der Waals surface area contributed by atoms with Crippen LogP contribution >= 0.6 is 35.8 Å². The monoisotopic (exact) mass is 324 g/mol. The zero-order valence-electron chi connectivity index (χ0n) is 10.9. The fourth-order valence-electron chi connectivity index (χ4n) is 1.60. The summed E-state index contributed by atoms with van der Waals surface area (Å²) in [4.78, 5) is 13.1. The lowest BCUT2D eigenvalue weighted by molar-refractivity contribution is 0.104. The largest absolute Gasteiger partial charge is 0.289 e. The molecule has 20 heavy (non-hydrogen) atoms. The lowest BCUT2D eigenvalue weighted by Gasteiger charge is -1.98. The maximum atomic E-state index is 12.0. The van der Waals surface area contributed by atoms with Crippen LogP contribution in [0, 0.1) is 0 Å². The van der Waals surface area contributed by atoms with Crippen molar-refractivity contribution < 1.29 is 4.79 Å². The average Bonchev–Trinajstić information content (AvgIpc) is 2.46. The molecule has 0 bridgehead atoms. The minimum atomic E-state index is 0.